The molecule has 0 aliphatic carbocycles. The van der Waals surface area contributed by atoms with Crippen LogP contribution in [-0.2, 0) is 0 Å². The van der Waals surface area contributed by atoms with E-state index in [9.17, 15) is 9.18 Å². The van der Waals surface area contributed by atoms with Crippen molar-refractivity contribution in [2.24, 2.45) is 0 Å². The second-order valence-electron chi connectivity index (χ2n) is 6.59. The van der Waals surface area contributed by atoms with Gasteiger partial charge < -0.3 is 8.83 Å². The zero-order valence-corrected chi connectivity index (χ0v) is 14.2. The summed E-state index contributed by atoms with van der Waals surface area (Å²) in [6.45, 7) is 6.08. The van der Waals surface area contributed by atoms with Crippen LogP contribution in [0.5, 0.6) is 0 Å². The summed E-state index contributed by atoms with van der Waals surface area (Å²) >= 11 is 0. The quantitative estimate of drug-likeness (QED) is 0.436. The average molecular weight is 336 g/mol. The summed E-state index contributed by atoms with van der Waals surface area (Å²) < 4.78 is 24.9. The molecule has 25 heavy (non-hydrogen) atoms. The molecule has 2 aromatic carbocycles. The first-order valence-electron chi connectivity index (χ1n) is 8.21. The molecular weight excluding hydrogens is 319 g/mol. The Morgan fingerprint density at radius 2 is 1.64 bits per heavy atom. The Balaban J connectivity index is 2.08. The predicted molar refractivity (Wildman–Crippen MR) is 96.5 cm³/mol. The number of hydrogen-bond acceptors (Lipinski definition) is 3. The van der Waals surface area contributed by atoms with Gasteiger partial charge in [-0.25, -0.2) is 9.18 Å². The number of hydrogen-bond donors (Lipinski definition) is 0. The van der Waals surface area contributed by atoms with E-state index in [1.165, 1.54) is 18.2 Å². The molecule has 4 aromatic rings. The lowest BCUT2D eigenvalue weighted by atomic mass is 9.98. The molecular formula is C21H17FO3. The van der Waals surface area contributed by atoms with Crippen LogP contribution < -0.4 is 5.63 Å². The van der Waals surface area contributed by atoms with E-state index in [1.54, 1.807) is 6.07 Å². The Morgan fingerprint density at radius 3 is 2.40 bits per heavy atom. The molecule has 3 nitrogen and oxygen atoms in total. The van der Waals surface area contributed by atoms with Gasteiger partial charge in [-0.2, -0.15) is 0 Å². The summed E-state index contributed by atoms with van der Waals surface area (Å²) in [4.78, 5) is 12.0. The predicted octanol–water partition coefficient (Wildman–Crippen LogP) is 5.78. The van der Waals surface area contributed by atoms with Crippen LogP contribution in [0.4, 0.5) is 4.39 Å². The summed E-state index contributed by atoms with van der Waals surface area (Å²) in [7, 11) is 0. The second kappa shape index (κ2) is 5.59. The molecule has 126 valence electrons. The molecule has 0 fully saturated rings. The Hall–Kier alpha value is -2.88. The number of benzene rings is 2. The third-order valence-electron chi connectivity index (χ3n) is 4.58. The highest BCUT2D eigenvalue weighted by molar-refractivity contribution is 5.97. The minimum atomic E-state index is -0.439. The van der Waals surface area contributed by atoms with Crippen LogP contribution >= 0.6 is 0 Å². The fourth-order valence-electron chi connectivity index (χ4n) is 3.18. The maximum Gasteiger partial charge on any atom is 0.336 e. The third-order valence-corrected chi connectivity index (χ3v) is 4.58. The highest BCUT2D eigenvalue weighted by Gasteiger charge is 2.17. The van der Waals surface area contributed by atoms with Crippen LogP contribution in [0.2, 0.25) is 0 Å². The highest BCUT2D eigenvalue weighted by atomic mass is 19.1. The average Bonchev–Trinajstić information content (AvgIpc) is 2.90. The second-order valence-corrected chi connectivity index (χ2v) is 6.59. The van der Waals surface area contributed by atoms with Crippen LogP contribution in [0, 0.1) is 12.7 Å². The van der Waals surface area contributed by atoms with Gasteiger partial charge in [-0.1, -0.05) is 19.9 Å². The number of fused-ring (bicyclic) bond motifs is 2. The molecule has 0 saturated carbocycles. The first-order chi connectivity index (χ1) is 11.9. The van der Waals surface area contributed by atoms with Crippen LogP contribution in [-0.4, -0.2) is 0 Å². The first-order valence-corrected chi connectivity index (χ1v) is 8.21. The molecule has 0 unspecified atom stereocenters. The lowest BCUT2D eigenvalue weighted by Crippen LogP contribution is -1.99. The molecule has 0 bridgehead atoms. The topological polar surface area (TPSA) is 43.4 Å². The van der Waals surface area contributed by atoms with Crippen LogP contribution in [0.15, 0.2) is 56.1 Å². The molecule has 0 aliphatic heterocycles. The Bertz CT molecular complexity index is 1170. The van der Waals surface area contributed by atoms with Gasteiger partial charge >= 0.3 is 5.63 Å². The summed E-state index contributed by atoms with van der Waals surface area (Å²) in [5, 5.41) is 1.52. The molecule has 4 heteroatoms. The SMILES string of the molecule is Cc1c(-c2cc(=O)oc3ccc(C(C)C)cc23)oc2ccc(F)cc12. The van der Waals surface area contributed by atoms with Crippen molar-refractivity contribution >= 4 is 21.9 Å². The molecule has 0 aliphatic rings. The van der Waals surface area contributed by atoms with E-state index in [0.717, 1.165) is 16.5 Å². The van der Waals surface area contributed by atoms with Crippen molar-refractivity contribution in [1.29, 1.82) is 0 Å². The Kier molecular flexibility index (Phi) is 3.49. The van der Waals surface area contributed by atoms with Gasteiger partial charge in [0.25, 0.3) is 0 Å². The van der Waals surface area contributed by atoms with Gasteiger partial charge in [-0.15, -0.1) is 0 Å². The summed E-state index contributed by atoms with van der Waals surface area (Å²) in [6, 6.07) is 11.6. The third kappa shape index (κ3) is 2.54. The first kappa shape index (κ1) is 15.6. The van der Waals surface area contributed by atoms with Gasteiger partial charge in [0, 0.05) is 28.0 Å². The maximum absolute atomic E-state index is 13.6. The zero-order valence-electron chi connectivity index (χ0n) is 14.2. The molecule has 0 radical (unpaired) electrons. The lowest BCUT2D eigenvalue weighted by molar-refractivity contribution is 0.559. The van der Waals surface area contributed by atoms with E-state index < -0.39 is 5.63 Å². The van der Waals surface area contributed by atoms with Crippen molar-refractivity contribution < 1.29 is 13.2 Å². The fourth-order valence-corrected chi connectivity index (χ4v) is 3.18. The van der Waals surface area contributed by atoms with Gasteiger partial charge in [-0.3, -0.25) is 0 Å². The van der Waals surface area contributed by atoms with Gasteiger partial charge in [0.15, 0.2) is 0 Å². The largest absolute Gasteiger partial charge is 0.456 e. The number of aryl methyl sites for hydroxylation is 1. The Labute approximate surface area is 143 Å². The van der Waals surface area contributed by atoms with Crippen LogP contribution in [0.1, 0.15) is 30.9 Å². The van der Waals surface area contributed by atoms with Crippen LogP contribution in [0.3, 0.4) is 0 Å². The van der Waals surface area contributed by atoms with Gasteiger partial charge in [-0.05, 0) is 48.7 Å². The van der Waals surface area contributed by atoms with E-state index >= 15 is 0 Å². The zero-order chi connectivity index (χ0) is 17.7. The molecule has 0 amide bonds. The lowest BCUT2D eigenvalue weighted by Gasteiger charge is -2.09. The van der Waals surface area contributed by atoms with Crippen molar-refractivity contribution in [3.63, 3.8) is 0 Å². The van der Waals surface area contributed by atoms with E-state index in [2.05, 4.69) is 13.8 Å². The van der Waals surface area contributed by atoms with Crippen molar-refractivity contribution in [2.75, 3.05) is 0 Å². The summed E-state index contributed by atoms with van der Waals surface area (Å²) in [6.07, 6.45) is 0. The standard InChI is InChI=1S/C21H17FO3/c1-11(2)13-4-6-19-16(8-13)17(10-20(23)24-19)21-12(3)15-9-14(22)5-7-18(15)25-21/h4-11H,1-3H3. The van der Waals surface area contributed by atoms with E-state index in [-0.39, 0.29) is 5.82 Å². The minimum Gasteiger partial charge on any atom is -0.456 e. The fraction of sp³-hybridized carbons (Fsp3) is 0.190. The maximum atomic E-state index is 13.6. The van der Waals surface area contributed by atoms with Crippen molar-refractivity contribution in [2.45, 2.75) is 26.7 Å². The monoisotopic (exact) mass is 336 g/mol. The molecule has 0 N–H and O–H groups in total. The normalized spacial score (nSPS) is 11.7. The molecule has 0 atom stereocenters. The van der Waals surface area contributed by atoms with Gasteiger partial charge in [0.05, 0.1) is 0 Å². The minimum absolute atomic E-state index is 0.317. The summed E-state index contributed by atoms with van der Waals surface area (Å²) in [5.74, 6) is 0.594. The van der Waals surface area contributed by atoms with Crippen LogP contribution in [0.25, 0.3) is 33.3 Å². The van der Waals surface area contributed by atoms with Crippen molar-refractivity contribution in [1.82, 2.24) is 0 Å². The van der Waals surface area contributed by atoms with Gasteiger partial charge in [0.2, 0.25) is 0 Å². The molecule has 2 heterocycles. The van der Waals surface area contributed by atoms with Gasteiger partial charge in [0.1, 0.15) is 22.7 Å². The molecule has 0 saturated heterocycles. The smallest absolute Gasteiger partial charge is 0.336 e. The van der Waals surface area contributed by atoms with E-state index in [0.29, 0.717) is 33.8 Å². The summed E-state index contributed by atoms with van der Waals surface area (Å²) in [5.41, 5.74) is 3.28. The van der Waals surface area contributed by atoms with E-state index in [4.69, 9.17) is 8.83 Å². The molecule has 0 spiro atoms. The molecule has 2 aromatic heterocycles. The van der Waals surface area contributed by atoms with E-state index in [1.807, 2.05) is 25.1 Å². The van der Waals surface area contributed by atoms with Crippen molar-refractivity contribution in [3.05, 3.63) is 69.8 Å². The Morgan fingerprint density at radius 1 is 0.920 bits per heavy atom. The number of rotatable bonds is 2. The number of furan rings is 1. The molecule has 4 rings (SSSR count). The van der Waals surface area contributed by atoms with Crippen molar-refractivity contribution in [3.8, 4) is 11.3 Å². The highest BCUT2D eigenvalue weighted by Crippen LogP contribution is 2.37. The number of halogens is 1.